The van der Waals surface area contributed by atoms with Crippen LogP contribution in [0.5, 0.6) is 0 Å². The molecule has 0 atom stereocenters. The highest BCUT2D eigenvalue weighted by Crippen LogP contribution is 2.46. The Morgan fingerprint density at radius 3 is 1.17 bits per heavy atom. The minimum atomic E-state index is -0.170. The van der Waals surface area contributed by atoms with Crippen LogP contribution in [0.4, 0.5) is 0 Å². The van der Waals surface area contributed by atoms with Crippen molar-refractivity contribution >= 4 is 23.2 Å². The lowest BCUT2D eigenvalue weighted by Crippen LogP contribution is -2.26. The number of nitrogens with zero attached hydrogens (tertiary/aromatic N) is 6. The number of likely N-dealkylation sites (N-methyl/N-ethyl adjacent to an activating group) is 2. The summed E-state index contributed by atoms with van der Waals surface area (Å²) in [6, 6.07) is 16.1. The highest BCUT2D eigenvalue weighted by atomic mass is 16.2. The van der Waals surface area contributed by atoms with Crippen LogP contribution in [0.1, 0.15) is 11.4 Å². The summed E-state index contributed by atoms with van der Waals surface area (Å²) in [4.78, 5) is 30.6. The molecule has 0 saturated carbocycles. The first-order valence-corrected chi connectivity index (χ1v) is 11.8. The topological polar surface area (TPSA) is 60.3 Å². The zero-order valence-electron chi connectivity index (χ0n) is 21.3. The quantitative estimate of drug-likeness (QED) is 0.449. The van der Waals surface area contributed by atoms with Crippen LogP contribution in [-0.2, 0) is 37.8 Å². The monoisotopic (exact) mass is 480 g/mol. The summed E-state index contributed by atoms with van der Waals surface area (Å²) in [6.07, 6.45) is 4.00. The van der Waals surface area contributed by atoms with E-state index in [-0.39, 0.29) is 11.8 Å². The van der Waals surface area contributed by atoms with Crippen LogP contribution in [0.3, 0.4) is 0 Å². The van der Waals surface area contributed by atoms with Crippen LogP contribution in [0.25, 0.3) is 34.2 Å². The maximum absolute atomic E-state index is 13.7. The molecule has 0 aliphatic carbocycles. The summed E-state index contributed by atoms with van der Waals surface area (Å²) in [5.74, 6) is -0.341. The van der Waals surface area contributed by atoms with Crippen molar-refractivity contribution in [2.75, 3.05) is 14.1 Å². The van der Waals surface area contributed by atoms with E-state index < -0.39 is 0 Å². The molecule has 8 nitrogen and oxygen atoms in total. The molecule has 8 heteroatoms. The zero-order chi connectivity index (χ0) is 25.5. The lowest BCUT2D eigenvalue weighted by atomic mass is 10.1. The van der Waals surface area contributed by atoms with Gasteiger partial charge in [-0.2, -0.15) is 0 Å². The molecule has 0 bridgehead atoms. The van der Waals surface area contributed by atoms with Crippen molar-refractivity contribution in [3.05, 3.63) is 83.5 Å². The van der Waals surface area contributed by atoms with Crippen molar-refractivity contribution in [2.45, 2.75) is 0 Å². The number of hydrogen-bond donors (Lipinski definition) is 0. The number of amides is 2. The van der Waals surface area contributed by atoms with Gasteiger partial charge in [-0.1, -0.05) is 0 Å². The molecule has 2 aliphatic rings. The number of carbonyl (C=O) groups is 2. The van der Waals surface area contributed by atoms with E-state index in [0.29, 0.717) is 22.5 Å². The van der Waals surface area contributed by atoms with E-state index in [9.17, 15) is 9.59 Å². The molecule has 0 spiro atoms. The van der Waals surface area contributed by atoms with Gasteiger partial charge < -0.3 is 28.1 Å². The van der Waals surface area contributed by atoms with Crippen molar-refractivity contribution in [1.29, 1.82) is 0 Å². The van der Waals surface area contributed by atoms with Crippen molar-refractivity contribution in [3.63, 3.8) is 0 Å². The minimum Gasteiger partial charge on any atom is -0.349 e. The number of aromatic nitrogens is 4. The van der Waals surface area contributed by atoms with Crippen molar-refractivity contribution in [3.8, 4) is 22.8 Å². The van der Waals surface area contributed by atoms with Gasteiger partial charge in [-0.15, -0.1) is 0 Å². The SMILES string of the molecule is CN1C(=O)C2=C(c3ccc(-c4cccn4C)n3C)N(C)C(=O)C2=C1c1ccc(-c2cccn2C)n1C. The molecule has 0 fully saturated rings. The van der Waals surface area contributed by atoms with E-state index in [2.05, 4.69) is 21.3 Å². The molecule has 0 radical (unpaired) electrons. The second-order valence-corrected chi connectivity index (χ2v) is 9.51. The standard InChI is InChI=1S/C28H28N6O2/c1-29-15-7-9-17(29)19-11-13-21(31(19)3)25-23-24(28(36)33(25)5)26(34(6)27(23)35)22-14-12-20(32(22)4)18-10-8-16-30(18)2/h7-16H,1-6H3. The fourth-order valence-corrected chi connectivity index (χ4v) is 5.59. The van der Waals surface area contributed by atoms with E-state index >= 15 is 0 Å². The average molecular weight is 481 g/mol. The van der Waals surface area contributed by atoms with Gasteiger partial charge in [0, 0.05) is 54.7 Å². The molecule has 6 heterocycles. The van der Waals surface area contributed by atoms with Gasteiger partial charge in [-0.3, -0.25) is 9.59 Å². The third kappa shape index (κ3) is 2.75. The normalized spacial score (nSPS) is 15.8. The summed E-state index contributed by atoms with van der Waals surface area (Å²) in [5, 5.41) is 0. The maximum Gasteiger partial charge on any atom is 0.261 e. The van der Waals surface area contributed by atoms with E-state index in [0.717, 1.165) is 34.2 Å². The predicted octanol–water partition coefficient (Wildman–Crippen LogP) is 3.44. The van der Waals surface area contributed by atoms with E-state index in [1.54, 1.807) is 23.9 Å². The first-order valence-electron chi connectivity index (χ1n) is 11.8. The van der Waals surface area contributed by atoms with E-state index in [4.69, 9.17) is 0 Å². The Bertz CT molecular complexity index is 1530. The molecule has 0 saturated heterocycles. The Hall–Kier alpha value is -4.46. The highest BCUT2D eigenvalue weighted by molar-refractivity contribution is 6.30. The first-order chi connectivity index (χ1) is 17.2. The van der Waals surface area contributed by atoms with Crippen LogP contribution in [0, 0.1) is 0 Å². The van der Waals surface area contributed by atoms with Gasteiger partial charge in [0.15, 0.2) is 0 Å². The van der Waals surface area contributed by atoms with Gasteiger partial charge in [0.25, 0.3) is 11.8 Å². The molecule has 4 aromatic rings. The van der Waals surface area contributed by atoms with Gasteiger partial charge in [-0.25, -0.2) is 0 Å². The lowest BCUT2D eigenvalue weighted by molar-refractivity contribution is -0.123. The Labute approximate surface area is 209 Å². The molecular weight excluding hydrogens is 452 g/mol. The third-order valence-corrected chi connectivity index (χ3v) is 7.57. The molecule has 0 aromatic carbocycles. The Kier molecular flexibility index (Phi) is 4.60. The number of carbonyl (C=O) groups excluding carboxylic acids is 2. The number of hydrogen-bond acceptors (Lipinski definition) is 2. The van der Waals surface area contributed by atoms with E-state index in [1.165, 1.54) is 0 Å². The predicted molar refractivity (Wildman–Crippen MR) is 139 cm³/mol. The van der Waals surface area contributed by atoms with Crippen molar-refractivity contribution < 1.29 is 9.59 Å². The molecule has 0 unspecified atom stereocenters. The smallest absolute Gasteiger partial charge is 0.261 e. The molecular formula is C28H28N6O2. The Balaban J connectivity index is 1.55. The summed E-state index contributed by atoms with van der Waals surface area (Å²) in [5.41, 5.74) is 7.99. The van der Waals surface area contributed by atoms with Gasteiger partial charge in [0.2, 0.25) is 0 Å². The first kappa shape index (κ1) is 22.0. The largest absolute Gasteiger partial charge is 0.349 e. The average Bonchev–Trinajstić information content (AvgIpc) is 3.68. The Morgan fingerprint density at radius 1 is 0.472 bits per heavy atom. The van der Waals surface area contributed by atoms with Crippen LogP contribution < -0.4 is 0 Å². The molecule has 4 aromatic heterocycles. The fourth-order valence-electron chi connectivity index (χ4n) is 5.59. The van der Waals surface area contributed by atoms with Crippen LogP contribution in [-0.4, -0.2) is 54.0 Å². The van der Waals surface area contributed by atoms with Crippen LogP contribution in [0.15, 0.2) is 72.1 Å². The van der Waals surface area contributed by atoms with Gasteiger partial charge >= 0.3 is 0 Å². The second-order valence-electron chi connectivity index (χ2n) is 9.51. The fraction of sp³-hybridized carbons (Fsp3) is 0.214. The van der Waals surface area contributed by atoms with Gasteiger partial charge in [-0.05, 0) is 48.5 Å². The third-order valence-electron chi connectivity index (χ3n) is 7.57. The maximum atomic E-state index is 13.7. The molecule has 36 heavy (non-hydrogen) atoms. The number of rotatable bonds is 4. The molecule has 2 aliphatic heterocycles. The highest BCUT2D eigenvalue weighted by Gasteiger charge is 2.47. The van der Waals surface area contributed by atoms with Crippen molar-refractivity contribution in [1.82, 2.24) is 28.1 Å². The van der Waals surface area contributed by atoms with Crippen molar-refractivity contribution in [2.24, 2.45) is 28.2 Å². The summed E-state index contributed by atoms with van der Waals surface area (Å²) < 4.78 is 8.20. The molecule has 182 valence electrons. The number of fused-ring (bicyclic) bond motifs is 1. The summed E-state index contributed by atoms with van der Waals surface area (Å²) >= 11 is 0. The minimum absolute atomic E-state index is 0.170. The summed E-state index contributed by atoms with van der Waals surface area (Å²) in [7, 11) is 11.4. The molecule has 2 amide bonds. The molecule has 0 N–H and O–H groups in total. The lowest BCUT2D eigenvalue weighted by Gasteiger charge is -2.21. The Morgan fingerprint density at radius 2 is 0.833 bits per heavy atom. The van der Waals surface area contributed by atoms with E-state index in [1.807, 2.05) is 86.1 Å². The van der Waals surface area contributed by atoms with Gasteiger partial charge in [0.05, 0.1) is 56.7 Å². The zero-order valence-corrected chi connectivity index (χ0v) is 21.3. The second kappa shape index (κ2) is 7.52. The van der Waals surface area contributed by atoms with Gasteiger partial charge in [0.1, 0.15) is 0 Å². The number of aryl methyl sites for hydroxylation is 2. The molecule has 6 rings (SSSR count). The van der Waals surface area contributed by atoms with Crippen LogP contribution in [0.2, 0.25) is 0 Å². The van der Waals surface area contributed by atoms with Crippen LogP contribution >= 0.6 is 0 Å². The summed E-state index contributed by atoms with van der Waals surface area (Å²) in [6.45, 7) is 0.